The predicted octanol–water partition coefficient (Wildman–Crippen LogP) is 2.58. The predicted molar refractivity (Wildman–Crippen MR) is 139 cm³/mol. The number of nitrogens with one attached hydrogen (secondary N) is 2. The number of aromatic amines is 2. The number of benzene rings is 2. The van der Waals surface area contributed by atoms with Crippen LogP contribution in [0.3, 0.4) is 0 Å². The summed E-state index contributed by atoms with van der Waals surface area (Å²) >= 11 is 0. The molecule has 0 bridgehead atoms. The minimum absolute atomic E-state index is 0.522. The van der Waals surface area contributed by atoms with E-state index in [2.05, 4.69) is 20.4 Å². The van der Waals surface area contributed by atoms with Crippen molar-refractivity contribution in [2.24, 2.45) is 11.5 Å². The molecule has 2 aromatic carbocycles. The number of nitrogens with zero attached hydrogens (tertiary/aromatic N) is 2. The summed E-state index contributed by atoms with van der Waals surface area (Å²) in [6.07, 6.45) is 0.477. The molecule has 0 fully saturated rings. The summed E-state index contributed by atoms with van der Waals surface area (Å²) in [6.45, 7) is 3.28. The van der Waals surface area contributed by atoms with E-state index in [0.29, 0.717) is 22.9 Å². The monoisotopic (exact) mass is 522 g/mol. The molecule has 0 saturated heterocycles. The van der Waals surface area contributed by atoms with E-state index in [9.17, 15) is 9.59 Å². The van der Waals surface area contributed by atoms with Crippen LogP contribution in [0.1, 0.15) is 37.3 Å². The summed E-state index contributed by atoms with van der Waals surface area (Å²) in [4.78, 5) is 24.7. The van der Waals surface area contributed by atoms with E-state index in [1.54, 1.807) is 52.3 Å². The van der Waals surface area contributed by atoms with Crippen molar-refractivity contribution in [1.82, 2.24) is 20.4 Å². The van der Waals surface area contributed by atoms with Gasteiger partial charge in [0.15, 0.2) is 0 Å². The number of methoxy groups -OCH3 is 2. The second kappa shape index (κ2) is 11.3. The molecule has 0 spiro atoms. The minimum Gasteiger partial charge on any atom is -0.497 e. The highest BCUT2D eigenvalue weighted by Gasteiger charge is 2.25. The summed E-state index contributed by atoms with van der Waals surface area (Å²) in [5.41, 5.74) is 15.2. The zero-order chi connectivity index (χ0) is 27.4. The first-order valence-corrected chi connectivity index (χ1v) is 11.9. The fourth-order valence-corrected chi connectivity index (χ4v) is 3.96. The van der Waals surface area contributed by atoms with Crippen LogP contribution in [0.25, 0.3) is 21.8 Å². The number of esters is 2. The number of hydrogen-bond acceptors (Lipinski definition) is 10. The van der Waals surface area contributed by atoms with Gasteiger partial charge in [-0.15, -0.1) is 0 Å². The molecule has 38 heavy (non-hydrogen) atoms. The fraction of sp³-hybridized carbons (Fsp3) is 0.308. The zero-order valence-corrected chi connectivity index (χ0v) is 21.4. The van der Waals surface area contributed by atoms with Crippen molar-refractivity contribution in [3.05, 3.63) is 59.9 Å². The zero-order valence-electron chi connectivity index (χ0n) is 21.4. The van der Waals surface area contributed by atoms with Gasteiger partial charge in [0.25, 0.3) is 0 Å². The number of aromatic nitrogens is 4. The maximum absolute atomic E-state index is 12.3. The number of rotatable bonds is 10. The quantitative estimate of drug-likeness (QED) is 0.178. The molecule has 0 amide bonds. The van der Waals surface area contributed by atoms with Gasteiger partial charge in [0, 0.05) is 22.9 Å². The second-order valence-electron chi connectivity index (χ2n) is 8.71. The Labute approximate surface area is 218 Å². The molecule has 0 aliphatic heterocycles. The van der Waals surface area contributed by atoms with Crippen LogP contribution in [0.5, 0.6) is 11.5 Å². The van der Waals surface area contributed by atoms with Gasteiger partial charge >= 0.3 is 11.9 Å². The van der Waals surface area contributed by atoms with E-state index in [1.807, 2.05) is 12.1 Å². The third-order valence-electron chi connectivity index (χ3n) is 6.20. The first-order chi connectivity index (χ1) is 18.2. The topological polar surface area (TPSA) is 180 Å². The lowest BCUT2D eigenvalue weighted by atomic mass is 10.1. The summed E-state index contributed by atoms with van der Waals surface area (Å²) < 4.78 is 21.3. The SMILES string of the molecule is COc1ccc2[nH]nc(C(N)C(C)OC(=O)/C=C/C(=O)OC(C)C(N)c3n[nH]c4ccc(OC)cc34)c2c1. The van der Waals surface area contributed by atoms with Gasteiger partial charge in [-0.25, -0.2) is 9.59 Å². The molecule has 0 saturated carbocycles. The van der Waals surface area contributed by atoms with Crippen LogP contribution >= 0.6 is 0 Å². The molecule has 4 atom stereocenters. The van der Waals surface area contributed by atoms with E-state index < -0.39 is 36.2 Å². The van der Waals surface area contributed by atoms with Crippen LogP contribution in [0, 0.1) is 0 Å². The number of fused-ring (bicyclic) bond motifs is 2. The molecule has 12 heteroatoms. The summed E-state index contributed by atoms with van der Waals surface area (Å²) in [6, 6.07) is 9.39. The molecule has 0 radical (unpaired) electrons. The third kappa shape index (κ3) is 5.61. The fourth-order valence-electron chi connectivity index (χ4n) is 3.96. The smallest absolute Gasteiger partial charge is 0.331 e. The number of ether oxygens (including phenoxy) is 4. The van der Waals surface area contributed by atoms with Gasteiger partial charge in [-0.3, -0.25) is 10.2 Å². The van der Waals surface area contributed by atoms with E-state index in [1.165, 1.54) is 0 Å². The lowest BCUT2D eigenvalue weighted by molar-refractivity contribution is -0.146. The van der Waals surface area contributed by atoms with E-state index in [4.69, 9.17) is 30.4 Å². The van der Waals surface area contributed by atoms with Crippen LogP contribution in [0.15, 0.2) is 48.6 Å². The Bertz CT molecular complexity index is 1370. The summed E-state index contributed by atoms with van der Waals surface area (Å²) in [5, 5.41) is 15.8. The highest BCUT2D eigenvalue weighted by Crippen LogP contribution is 2.28. The van der Waals surface area contributed by atoms with Gasteiger partial charge in [0.1, 0.15) is 23.7 Å². The summed E-state index contributed by atoms with van der Waals surface area (Å²) in [7, 11) is 3.13. The molecule has 4 rings (SSSR count). The maximum Gasteiger partial charge on any atom is 0.331 e. The standard InChI is InChI=1S/C26H30N6O6/c1-13(23(27)25-17-11-15(35-3)5-7-19(17)29-31-25)37-21(33)9-10-22(34)38-14(2)24(28)26-18-12-16(36-4)6-8-20(18)30-32-26/h5-14,23-24H,27-28H2,1-4H3,(H,29,31)(H,30,32)/b10-9+. The van der Waals surface area contributed by atoms with E-state index in [0.717, 1.165) is 34.0 Å². The Hall–Kier alpha value is -4.42. The van der Waals surface area contributed by atoms with Crippen molar-refractivity contribution in [2.45, 2.75) is 38.1 Å². The van der Waals surface area contributed by atoms with Crippen LogP contribution in [0.4, 0.5) is 0 Å². The molecule has 2 heterocycles. The van der Waals surface area contributed by atoms with Gasteiger partial charge in [-0.2, -0.15) is 10.2 Å². The minimum atomic E-state index is -0.760. The highest BCUT2D eigenvalue weighted by atomic mass is 16.5. The van der Waals surface area contributed by atoms with Crippen molar-refractivity contribution in [2.75, 3.05) is 14.2 Å². The Kier molecular flexibility index (Phi) is 7.93. The van der Waals surface area contributed by atoms with Gasteiger partial charge in [-0.1, -0.05) is 0 Å². The molecular formula is C26H30N6O6. The van der Waals surface area contributed by atoms with Crippen LogP contribution < -0.4 is 20.9 Å². The second-order valence-corrected chi connectivity index (χ2v) is 8.71. The third-order valence-corrected chi connectivity index (χ3v) is 6.20. The molecule has 2 aromatic heterocycles. The number of H-pyrrole nitrogens is 2. The molecule has 12 nitrogen and oxygen atoms in total. The normalized spacial score (nSPS) is 14.8. The number of carbonyl (C=O) groups is 2. The molecule has 0 aliphatic rings. The highest BCUT2D eigenvalue weighted by molar-refractivity contribution is 5.92. The Morgan fingerprint density at radius 3 is 1.53 bits per heavy atom. The molecule has 4 unspecified atom stereocenters. The first-order valence-electron chi connectivity index (χ1n) is 11.9. The Morgan fingerprint density at radius 2 is 1.16 bits per heavy atom. The van der Waals surface area contributed by atoms with Gasteiger partial charge in [0.05, 0.1) is 48.7 Å². The van der Waals surface area contributed by atoms with Crippen molar-refractivity contribution < 1.29 is 28.5 Å². The van der Waals surface area contributed by atoms with Crippen molar-refractivity contribution in [3.8, 4) is 11.5 Å². The largest absolute Gasteiger partial charge is 0.497 e. The lowest BCUT2D eigenvalue weighted by Crippen LogP contribution is -2.29. The summed E-state index contributed by atoms with van der Waals surface area (Å²) in [5.74, 6) is -0.227. The molecule has 200 valence electrons. The van der Waals surface area contributed by atoms with E-state index >= 15 is 0 Å². The first kappa shape index (κ1) is 26.6. The van der Waals surface area contributed by atoms with Gasteiger partial charge in [0.2, 0.25) is 0 Å². The molecule has 6 N–H and O–H groups in total. The van der Waals surface area contributed by atoms with Gasteiger partial charge in [-0.05, 0) is 50.2 Å². The van der Waals surface area contributed by atoms with Crippen LogP contribution in [-0.2, 0) is 19.1 Å². The average molecular weight is 523 g/mol. The maximum atomic E-state index is 12.3. The van der Waals surface area contributed by atoms with Crippen LogP contribution in [0.2, 0.25) is 0 Å². The number of nitrogens with two attached hydrogens (primary N) is 2. The molecule has 0 aliphatic carbocycles. The van der Waals surface area contributed by atoms with Crippen LogP contribution in [-0.4, -0.2) is 58.8 Å². The lowest BCUT2D eigenvalue weighted by Gasteiger charge is -2.19. The Balaban J connectivity index is 1.34. The molecule has 4 aromatic rings. The van der Waals surface area contributed by atoms with Crippen molar-refractivity contribution in [3.63, 3.8) is 0 Å². The van der Waals surface area contributed by atoms with Gasteiger partial charge < -0.3 is 30.4 Å². The van der Waals surface area contributed by atoms with Crippen molar-refractivity contribution in [1.29, 1.82) is 0 Å². The average Bonchev–Trinajstić information content (AvgIpc) is 3.54. The Morgan fingerprint density at radius 1 is 0.763 bits per heavy atom. The molecular weight excluding hydrogens is 492 g/mol. The number of hydrogen-bond donors (Lipinski definition) is 4. The number of carbonyl (C=O) groups excluding carboxylic acids is 2. The van der Waals surface area contributed by atoms with Crippen molar-refractivity contribution >= 4 is 33.7 Å². The van der Waals surface area contributed by atoms with E-state index in [-0.39, 0.29) is 0 Å².